The predicted molar refractivity (Wildman–Crippen MR) is 52.1 cm³/mol. The molecule has 2 atom stereocenters. The van der Waals surface area contributed by atoms with Gasteiger partial charge in [0.1, 0.15) is 0 Å². The number of nitrogens with two attached hydrogens (primary N) is 1. The maximum Gasteiger partial charge on any atom is 0.0322 e. The lowest BCUT2D eigenvalue weighted by Crippen LogP contribution is -2.31. The predicted octanol–water partition coefficient (Wildman–Crippen LogP) is 1.96. The van der Waals surface area contributed by atoms with Crippen molar-refractivity contribution in [2.75, 3.05) is 0 Å². The van der Waals surface area contributed by atoms with E-state index in [1.807, 2.05) is 0 Å². The molecule has 0 aromatic carbocycles. The van der Waals surface area contributed by atoms with Crippen LogP contribution in [0.4, 0.5) is 0 Å². The van der Waals surface area contributed by atoms with Crippen LogP contribution >= 0.6 is 0 Å². The Bertz CT molecular complexity index is 238. The van der Waals surface area contributed by atoms with Crippen LogP contribution < -0.4 is 11.3 Å². The molecule has 0 spiro atoms. The largest absolute Gasteiger partial charge is 0.328 e. The van der Waals surface area contributed by atoms with Crippen LogP contribution in [0.15, 0.2) is 22.9 Å². The average molecular weight is 166 g/mol. The van der Waals surface area contributed by atoms with E-state index >= 15 is 0 Å². The molecule has 0 aromatic heterocycles. The van der Waals surface area contributed by atoms with E-state index < -0.39 is 0 Å². The van der Waals surface area contributed by atoms with Gasteiger partial charge in [0, 0.05) is 11.6 Å². The molecule has 1 rings (SSSR count). The van der Waals surface area contributed by atoms with Crippen molar-refractivity contribution in [2.45, 2.75) is 27.7 Å². The van der Waals surface area contributed by atoms with E-state index in [9.17, 15) is 0 Å². The first-order chi connectivity index (χ1) is 5.57. The van der Waals surface area contributed by atoms with Gasteiger partial charge in [-0.2, -0.15) is 0 Å². The zero-order valence-electron chi connectivity index (χ0n) is 8.31. The van der Waals surface area contributed by atoms with Crippen molar-refractivity contribution < 1.29 is 0 Å². The maximum atomic E-state index is 5.45. The van der Waals surface area contributed by atoms with Gasteiger partial charge < -0.3 is 5.43 Å². The second-order valence-corrected chi connectivity index (χ2v) is 3.71. The van der Waals surface area contributed by atoms with Crippen LogP contribution in [0.2, 0.25) is 0 Å². The van der Waals surface area contributed by atoms with Crippen LogP contribution in [0, 0.1) is 11.8 Å². The summed E-state index contributed by atoms with van der Waals surface area (Å²) in [7, 11) is 0. The van der Waals surface area contributed by atoms with Crippen molar-refractivity contribution in [3.8, 4) is 0 Å². The van der Waals surface area contributed by atoms with Crippen molar-refractivity contribution >= 4 is 0 Å². The normalized spacial score (nSPS) is 30.2. The van der Waals surface area contributed by atoms with Gasteiger partial charge in [-0.25, -0.2) is 0 Å². The van der Waals surface area contributed by atoms with Gasteiger partial charge in [0.15, 0.2) is 0 Å². The molecule has 0 radical (unpaired) electrons. The Kier molecular flexibility index (Phi) is 2.58. The summed E-state index contributed by atoms with van der Waals surface area (Å²) >= 11 is 0. The lowest BCUT2D eigenvalue weighted by atomic mass is 9.81. The minimum absolute atomic E-state index is 0.514. The number of hydrogen-bond donors (Lipinski definition) is 2. The molecular formula is C10H18N2. The Hall–Kier alpha value is -0.760. The average Bonchev–Trinajstić information content (AvgIpc) is 2.01. The van der Waals surface area contributed by atoms with E-state index in [0.29, 0.717) is 11.8 Å². The monoisotopic (exact) mass is 166 g/mol. The molecule has 68 valence electrons. The zero-order chi connectivity index (χ0) is 9.30. The lowest BCUT2D eigenvalue weighted by molar-refractivity contribution is 0.462. The highest BCUT2D eigenvalue weighted by Crippen LogP contribution is 2.31. The van der Waals surface area contributed by atoms with Crippen LogP contribution in [0.5, 0.6) is 0 Å². The first-order valence-electron chi connectivity index (χ1n) is 4.43. The number of hydrogen-bond acceptors (Lipinski definition) is 2. The van der Waals surface area contributed by atoms with Crippen molar-refractivity contribution in [1.82, 2.24) is 5.43 Å². The fraction of sp³-hybridized carbons (Fsp3) is 0.600. The Morgan fingerprint density at radius 1 is 1.25 bits per heavy atom. The van der Waals surface area contributed by atoms with Crippen LogP contribution in [-0.4, -0.2) is 0 Å². The van der Waals surface area contributed by atoms with E-state index in [2.05, 4.69) is 39.2 Å². The molecule has 12 heavy (non-hydrogen) atoms. The quantitative estimate of drug-likeness (QED) is 0.461. The van der Waals surface area contributed by atoms with E-state index in [1.165, 1.54) is 16.8 Å². The molecule has 2 nitrogen and oxygen atoms in total. The van der Waals surface area contributed by atoms with E-state index in [-0.39, 0.29) is 0 Å². The second kappa shape index (κ2) is 3.31. The summed E-state index contributed by atoms with van der Waals surface area (Å²) < 4.78 is 0. The molecule has 0 heterocycles. The van der Waals surface area contributed by atoms with Gasteiger partial charge in [-0.3, -0.25) is 5.84 Å². The molecule has 1 aliphatic carbocycles. The maximum absolute atomic E-state index is 5.45. The van der Waals surface area contributed by atoms with Crippen LogP contribution in [0.25, 0.3) is 0 Å². The summed E-state index contributed by atoms with van der Waals surface area (Å²) in [6.45, 7) is 8.72. The molecular weight excluding hydrogens is 148 g/mol. The Morgan fingerprint density at radius 3 is 2.33 bits per heavy atom. The first kappa shape index (κ1) is 9.33. The van der Waals surface area contributed by atoms with Gasteiger partial charge in [-0.05, 0) is 25.3 Å². The van der Waals surface area contributed by atoms with Crippen molar-refractivity contribution in [3.05, 3.63) is 22.9 Å². The molecule has 0 aromatic rings. The molecule has 2 heteroatoms. The molecule has 0 amide bonds. The third-order valence-corrected chi connectivity index (χ3v) is 2.95. The lowest BCUT2D eigenvalue weighted by Gasteiger charge is -2.29. The highest BCUT2D eigenvalue weighted by molar-refractivity contribution is 5.33. The van der Waals surface area contributed by atoms with Crippen molar-refractivity contribution in [1.29, 1.82) is 0 Å². The summed E-state index contributed by atoms with van der Waals surface area (Å²) in [5, 5.41) is 0. The minimum atomic E-state index is 0.514. The molecule has 0 bridgehead atoms. The standard InChI is InChI=1S/C10H18N2/c1-6-5-7(2)10(12-11)9(4)8(6)3/h5,8-9,12H,11H2,1-4H3. The summed E-state index contributed by atoms with van der Waals surface area (Å²) in [5.41, 5.74) is 6.67. The molecule has 0 fully saturated rings. The van der Waals surface area contributed by atoms with Gasteiger partial charge in [-0.15, -0.1) is 0 Å². The van der Waals surface area contributed by atoms with Crippen LogP contribution in [0.1, 0.15) is 27.7 Å². The van der Waals surface area contributed by atoms with Gasteiger partial charge in [0.25, 0.3) is 0 Å². The summed E-state index contributed by atoms with van der Waals surface area (Å²) in [4.78, 5) is 0. The number of nitrogens with one attached hydrogen (secondary N) is 1. The van der Waals surface area contributed by atoms with E-state index in [0.717, 1.165) is 0 Å². The fourth-order valence-corrected chi connectivity index (χ4v) is 1.80. The highest BCUT2D eigenvalue weighted by atomic mass is 15.2. The summed E-state index contributed by atoms with van der Waals surface area (Å²) in [5.74, 6) is 6.57. The van der Waals surface area contributed by atoms with Gasteiger partial charge >= 0.3 is 0 Å². The Labute approximate surface area is 74.5 Å². The second-order valence-electron chi connectivity index (χ2n) is 3.71. The molecule has 0 saturated heterocycles. The molecule has 2 unspecified atom stereocenters. The molecule has 3 N–H and O–H groups in total. The first-order valence-corrected chi connectivity index (χ1v) is 4.43. The van der Waals surface area contributed by atoms with Crippen LogP contribution in [-0.2, 0) is 0 Å². The third kappa shape index (κ3) is 1.39. The van der Waals surface area contributed by atoms with Crippen LogP contribution in [0.3, 0.4) is 0 Å². The Morgan fingerprint density at radius 2 is 1.83 bits per heavy atom. The summed E-state index contributed by atoms with van der Waals surface area (Å²) in [6, 6.07) is 0. The Balaban J connectivity index is 3.02. The minimum Gasteiger partial charge on any atom is -0.328 e. The SMILES string of the molecule is CC1=CC(C)=C(NN)C(C)C1C. The third-order valence-electron chi connectivity index (χ3n) is 2.95. The molecule has 0 aliphatic heterocycles. The van der Waals surface area contributed by atoms with E-state index in [4.69, 9.17) is 5.84 Å². The fourth-order valence-electron chi connectivity index (χ4n) is 1.80. The zero-order valence-corrected chi connectivity index (χ0v) is 8.31. The van der Waals surface area contributed by atoms with E-state index in [1.54, 1.807) is 0 Å². The smallest absolute Gasteiger partial charge is 0.0322 e. The topological polar surface area (TPSA) is 38.0 Å². The van der Waals surface area contributed by atoms with Gasteiger partial charge in [0.05, 0.1) is 0 Å². The molecule has 1 aliphatic rings. The van der Waals surface area contributed by atoms with Gasteiger partial charge in [0.2, 0.25) is 0 Å². The number of allylic oxidation sites excluding steroid dienone is 4. The van der Waals surface area contributed by atoms with Crippen molar-refractivity contribution in [3.63, 3.8) is 0 Å². The molecule has 0 saturated carbocycles. The number of hydrazine groups is 1. The summed E-state index contributed by atoms with van der Waals surface area (Å²) in [6.07, 6.45) is 2.21. The number of rotatable bonds is 1. The highest BCUT2D eigenvalue weighted by Gasteiger charge is 2.22. The van der Waals surface area contributed by atoms with Gasteiger partial charge in [-0.1, -0.05) is 25.5 Å². The van der Waals surface area contributed by atoms with Crippen molar-refractivity contribution in [2.24, 2.45) is 17.7 Å².